The highest BCUT2D eigenvalue weighted by Crippen LogP contribution is 2.33. The summed E-state index contributed by atoms with van der Waals surface area (Å²) in [5.41, 5.74) is 6.60. The van der Waals surface area contributed by atoms with Gasteiger partial charge in [-0.2, -0.15) is 0 Å². The van der Waals surface area contributed by atoms with E-state index in [9.17, 15) is 0 Å². The fourth-order valence-electron chi connectivity index (χ4n) is 3.29. The molecule has 3 aromatic rings. The molecular weight excluding hydrogens is 292 g/mol. The van der Waals surface area contributed by atoms with Crippen LogP contribution in [-0.4, -0.2) is 26.4 Å². The molecule has 4 rings (SSSR count). The Morgan fingerprint density at radius 1 is 1.36 bits per heavy atom. The summed E-state index contributed by atoms with van der Waals surface area (Å²) in [5.74, 6) is 1.11. The van der Waals surface area contributed by atoms with E-state index < -0.39 is 0 Å². The van der Waals surface area contributed by atoms with Gasteiger partial charge in [-0.05, 0) is 50.9 Å². The molecule has 3 heterocycles. The van der Waals surface area contributed by atoms with Crippen LogP contribution in [0.15, 0.2) is 23.7 Å². The first kappa shape index (κ1) is 13.9. The predicted molar refractivity (Wildman–Crippen MR) is 90.1 cm³/mol. The smallest absolute Gasteiger partial charge is 0.124 e. The first-order valence-electron chi connectivity index (χ1n) is 7.80. The fourth-order valence-corrected chi connectivity index (χ4v) is 4.09. The summed E-state index contributed by atoms with van der Waals surface area (Å²) in [6.45, 7) is 6.34. The Kier molecular flexibility index (Phi) is 3.47. The van der Waals surface area contributed by atoms with Crippen molar-refractivity contribution in [1.82, 2.24) is 19.9 Å². The molecule has 0 radical (unpaired) electrons. The number of hydrogen-bond donors (Lipinski definition) is 1. The minimum absolute atomic E-state index is 0.397. The number of aryl methyl sites for hydroxylation is 2. The number of rotatable bonds is 3. The average molecular weight is 312 g/mol. The Bertz CT molecular complexity index is 804. The van der Waals surface area contributed by atoms with Crippen molar-refractivity contribution in [3.63, 3.8) is 0 Å². The summed E-state index contributed by atoms with van der Waals surface area (Å²) in [6, 6.07) is 6.81. The van der Waals surface area contributed by atoms with Crippen LogP contribution in [0.2, 0.25) is 0 Å². The van der Waals surface area contributed by atoms with E-state index in [4.69, 9.17) is 4.98 Å². The van der Waals surface area contributed by atoms with Gasteiger partial charge >= 0.3 is 0 Å². The number of aromatic amines is 1. The lowest BCUT2D eigenvalue weighted by Crippen LogP contribution is -2.23. The predicted octanol–water partition coefficient (Wildman–Crippen LogP) is 3.97. The van der Waals surface area contributed by atoms with Crippen LogP contribution in [-0.2, 0) is 6.54 Å². The molecule has 0 amide bonds. The van der Waals surface area contributed by atoms with Crippen molar-refractivity contribution in [1.29, 1.82) is 0 Å². The van der Waals surface area contributed by atoms with Gasteiger partial charge in [-0.15, -0.1) is 11.3 Å². The van der Waals surface area contributed by atoms with Gasteiger partial charge in [0, 0.05) is 11.4 Å². The topological polar surface area (TPSA) is 44.8 Å². The highest BCUT2D eigenvalue weighted by molar-refractivity contribution is 7.09. The van der Waals surface area contributed by atoms with Crippen LogP contribution in [0.25, 0.3) is 11.0 Å². The van der Waals surface area contributed by atoms with Gasteiger partial charge in [0.2, 0.25) is 0 Å². The Morgan fingerprint density at radius 2 is 2.27 bits per heavy atom. The van der Waals surface area contributed by atoms with Gasteiger partial charge in [0.25, 0.3) is 0 Å². The molecule has 1 aliphatic heterocycles. The van der Waals surface area contributed by atoms with Crippen LogP contribution in [0.4, 0.5) is 0 Å². The number of imidazole rings is 1. The highest BCUT2D eigenvalue weighted by atomic mass is 32.1. The molecular formula is C17H20N4S. The Morgan fingerprint density at radius 3 is 3.09 bits per heavy atom. The first-order chi connectivity index (χ1) is 10.7. The van der Waals surface area contributed by atoms with Crippen LogP contribution in [0.3, 0.4) is 0 Å². The van der Waals surface area contributed by atoms with Crippen molar-refractivity contribution in [3.05, 3.63) is 45.7 Å². The summed E-state index contributed by atoms with van der Waals surface area (Å²) in [4.78, 5) is 16.6. The summed E-state index contributed by atoms with van der Waals surface area (Å²) in [6.07, 6.45) is 2.41. The van der Waals surface area contributed by atoms with Crippen LogP contribution in [0.5, 0.6) is 0 Å². The number of hydrogen-bond acceptors (Lipinski definition) is 4. The minimum atomic E-state index is 0.397. The Labute approximate surface area is 134 Å². The van der Waals surface area contributed by atoms with Crippen molar-refractivity contribution in [2.75, 3.05) is 6.54 Å². The summed E-state index contributed by atoms with van der Waals surface area (Å²) < 4.78 is 0. The van der Waals surface area contributed by atoms with E-state index in [0.717, 1.165) is 35.6 Å². The zero-order valence-electron chi connectivity index (χ0n) is 13.0. The van der Waals surface area contributed by atoms with Gasteiger partial charge in [-0.3, -0.25) is 4.90 Å². The third-order valence-corrected chi connectivity index (χ3v) is 5.45. The number of aromatic nitrogens is 3. The van der Waals surface area contributed by atoms with Gasteiger partial charge in [-0.1, -0.05) is 6.07 Å². The van der Waals surface area contributed by atoms with Crippen molar-refractivity contribution < 1.29 is 0 Å². The minimum Gasteiger partial charge on any atom is -0.341 e. The quantitative estimate of drug-likeness (QED) is 0.796. The zero-order valence-corrected chi connectivity index (χ0v) is 13.8. The maximum absolute atomic E-state index is 4.83. The molecule has 1 aromatic carbocycles. The van der Waals surface area contributed by atoms with Crippen molar-refractivity contribution in [3.8, 4) is 0 Å². The molecule has 2 aromatic heterocycles. The van der Waals surface area contributed by atoms with Crippen molar-refractivity contribution >= 4 is 22.4 Å². The van der Waals surface area contributed by atoms with Crippen molar-refractivity contribution in [2.45, 2.75) is 39.3 Å². The van der Waals surface area contributed by atoms with E-state index in [1.165, 1.54) is 23.3 Å². The van der Waals surface area contributed by atoms with Gasteiger partial charge in [0.05, 0.1) is 28.3 Å². The Balaban J connectivity index is 1.63. The number of fused-ring (bicyclic) bond motifs is 1. The third kappa shape index (κ3) is 2.44. The second-order valence-electron chi connectivity index (χ2n) is 6.13. The normalized spacial score (nSPS) is 19.3. The molecule has 5 heteroatoms. The third-order valence-electron chi connectivity index (χ3n) is 4.53. The number of thiazole rings is 1. The maximum Gasteiger partial charge on any atom is 0.124 e. The lowest BCUT2D eigenvalue weighted by molar-refractivity contribution is 0.242. The van der Waals surface area contributed by atoms with Gasteiger partial charge < -0.3 is 4.98 Å². The molecule has 1 N–H and O–H groups in total. The van der Waals surface area contributed by atoms with Gasteiger partial charge in [0.15, 0.2) is 0 Å². The van der Waals surface area contributed by atoms with Gasteiger partial charge in [-0.25, -0.2) is 9.97 Å². The number of H-pyrrole nitrogens is 1. The molecule has 114 valence electrons. The monoisotopic (exact) mass is 312 g/mol. The van der Waals surface area contributed by atoms with E-state index in [2.05, 4.69) is 46.9 Å². The van der Waals surface area contributed by atoms with E-state index >= 15 is 0 Å². The van der Waals surface area contributed by atoms with E-state index in [0.29, 0.717) is 6.04 Å². The first-order valence-corrected chi connectivity index (χ1v) is 8.68. The number of nitrogens with zero attached hydrogens (tertiary/aromatic N) is 3. The van der Waals surface area contributed by atoms with Crippen LogP contribution in [0, 0.1) is 13.8 Å². The van der Waals surface area contributed by atoms with Crippen LogP contribution < -0.4 is 0 Å². The second kappa shape index (κ2) is 5.48. The second-order valence-corrected chi connectivity index (χ2v) is 7.07. The van der Waals surface area contributed by atoms with Crippen molar-refractivity contribution in [2.24, 2.45) is 0 Å². The summed E-state index contributed by atoms with van der Waals surface area (Å²) in [5, 5.41) is 0. The fraction of sp³-hybridized carbons (Fsp3) is 0.412. The maximum atomic E-state index is 4.83. The van der Waals surface area contributed by atoms with Crippen LogP contribution >= 0.6 is 11.3 Å². The Hall–Kier alpha value is -1.72. The highest BCUT2D eigenvalue weighted by Gasteiger charge is 2.29. The van der Waals surface area contributed by atoms with E-state index in [-0.39, 0.29) is 0 Å². The molecule has 1 aliphatic rings. The molecule has 0 aliphatic carbocycles. The number of nitrogens with one attached hydrogen (secondary N) is 1. The molecule has 0 spiro atoms. The molecule has 1 saturated heterocycles. The molecule has 1 fully saturated rings. The molecule has 1 unspecified atom stereocenters. The molecule has 1 atom stereocenters. The lowest BCUT2D eigenvalue weighted by Gasteiger charge is -2.22. The number of benzene rings is 1. The van der Waals surface area contributed by atoms with Gasteiger partial charge in [0.1, 0.15) is 5.82 Å². The average Bonchev–Trinajstić information content (AvgIpc) is 3.19. The molecule has 4 nitrogen and oxygen atoms in total. The summed E-state index contributed by atoms with van der Waals surface area (Å²) >= 11 is 1.76. The molecule has 0 saturated carbocycles. The number of likely N-dealkylation sites (tertiary alicyclic amines) is 1. The van der Waals surface area contributed by atoms with E-state index in [1.54, 1.807) is 11.3 Å². The SMILES string of the molecule is Cc1ccc2nc(C3CCCN3Cc3scnc3C)[nH]c2c1. The standard InChI is InChI=1S/C17H20N4S/c1-11-5-6-13-14(8-11)20-17(19-13)15-4-3-7-21(15)9-16-12(2)18-10-22-16/h5-6,8,10,15H,3-4,7,9H2,1-2H3,(H,19,20). The zero-order chi connectivity index (χ0) is 15.1. The lowest BCUT2D eigenvalue weighted by atomic mass is 10.2. The van der Waals surface area contributed by atoms with Crippen LogP contribution in [0.1, 0.15) is 40.8 Å². The molecule has 22 heavy (non-hydrogen) atoms. The largest absolute Gasteiger partial charge is 0.341 e. The summed E-state index contributed by atoms with van der Waals surface area (Å²) in [7, 11) is 0. The van der Waals surface area contributed by atoms with E-state index in [1.807, 2.05) is 5.51 Å². The molecule has 0 bridgehead atoms.